The predicted octanol–water partition coefficient (Wildman–Crippen LogP) is 2.10. The molecule has 2 aromatic rings. The Morgan fingerprint density at radius 1 is 1.00 bits per heavy atom. The number of hydrogen-bond acceptors (Lipinski definition) is 3. The normalized spacial score (nSPS) is 9.74. The zero-order valence-electron chi connectivity index (χ0n) is 12.3. The number of amides is 3. The first kappa shape index (κ1) is 16.2. The summed E-state index contributed by atoms with van der Waals surface area (Å²) in [5.41, 5.74) is 1.80. The van der Waals surface area contributed by atoms with Crippen LogP contribution in [0.2, 0.25) is 0 Å². The van der Waals surface area contributed by atoms with Crippen LogP contribution in [-0.4, -0.2) is 18.2 Å². The molecule has 2 aromatic carbocycles. The van der Waals surface area contributed by atoms with Crippen molar-refractivity contribution in [2.45, 2.75) is 6.54 Å². The molecule has 0 unspecified atom stereocenters. The average Bonchev–Trinajstić information content (AvgIpc) is 2.59. The fraction of sp³-hybridized carbons (Fsp3) is 0.0588. The van der Waals surface area contributed by atoms with Crippen LogP contribution in [-0.2, 0) is 11.3 Å². The van der Waals surface area contributed by atoms with Gasteiger partial charge < -0.3 is 20.7 Å². The van der Waals surface area contributed by atoms with E-state index in [2.05, 4.69) is 16.0 Å². The average molecular weight is 310 g/mol. The summed E-state index contributed by atoms with van der Waals surface area (Å²) in [6.07, 6.45) is 0.483. The molecule has 0 spiro atoms. The van der Waals surface area contributed by atoms with Crippen molar-refractivity contribution >= 4 is 23.9 Å². The lowest BCUT2D eigenvalue weighted by atomic mass is 10.2. The topological polar surface area (TPSA) is 87.3 Å². The maximum absolute atomic E-state index is 11.9. The summed E-state index contributed by atoms with van der Waals surface area (Å²) >= 11 is 0. The molecule has 23 heavy (non-hydrogen) atoms. The molecule has 6 nitrogen and oxygen atoms in total. The van der Waals surface area contributed by atoms with E-state index >= 15 is 0 Å². The molecule has 0 bridgehead atoms. The van der Waals surface area contributed by atoms with E-state index in [1.165, 1.54) is 6.07 Å². The highest BCUT2D eigenvalue weighted by Crippen LogP contribution is 2.10. The van der Waals surface area contributed by atoms with Crippen LogP contribution in [0.4, 0.5) is 10.5 Å². The number of rotatable bonds is 6. The highest BCUT2D eigenvalue weighted by Gasteiger charge is 2.07. The predicted molar refractivity (Wildman–Crippen MR) is 86.6 cm³/mol. The number of nitrogens with one attached hydrogen (secondary N) is 3. The molecule has 0 fully saturated rings. The highest BCUT2D eigenvalue weighted by atomic mass is 16.2. The molecule has 2 rings (SSSR count). The third kappa shape index (κ3) is 5.28. The maximum Gasteiger partial charge on any atom is 0.319 e. The van der Waals surface area contributed by atoms with Crippen molar-refractivity contribution in [3.63, 3.8) is 0 Å². The van der Waals surface area contributed by atoms with Crippen molar-refractivity contribution < 1.29 is 14.4 Å². The minimum Gasteiger partial charge on any atom is -0.340 e. The molecule has 3 amide bonds. The van der Waals surface area contributed by atoms with Gasteiger partial charge in [0.15, 0.2) is 0 Å². The molecule has 0 saturated carbocycles. The Labute approximate surface area is 133 Å². The van der Waals surface area contributed by atoms with Crippen molar-refractivity contribution in [3.05, 3.63) is 72.3 Å². The largest absolute Gasteiger partial charge is 0.340 e. The second-order valence-electron chi connectivity index (χ2n) is 4.65. The lowest BCUT2D eigenvalue weighted by Gasteiger charge is -2.09. The van der Waals surface area contributed by atoms with Crippen molar-refractivity contribution in [1.82, 2.24) is 10.6 Å². The monoisotopic (exact) mass is 310 g/mol. The Morgan fingerprint density at radius 3 is 2.52 bits per heavy atom. The van der Waals surface area contributed by atoms with E-state index in [-0.39, 0.29) is 6.03 Å². The third-order valence-electron chi connectivity index (χ3n) is 2.96. The fourth-order valence-corrected chi connectivity index (χ4v) is 1.88. The van der Waals surface area contributed by atoms with Crippen LogP contribution in [0.1, 0.15) is 15.9 Å². The number of aldehydes is 1. The van der Waals surface area contributed by atoms with Crippen molar-refractivity contribution in [1.29, 1.82) is 0 Å². The van der Waals surface area contributed by atoms with E-state index in [1.807, 2.05) is 30.3 Å². The molecule has 0 atom stereocenters. The van der Waals surface area contributed by atoms with Gasteiger partial charge in [-0.2, -0.15) is 0 Å². The number of carbonyl (C=O) groups excluding carboxylic acids is 3. The standard InChI is InChI=1S/C17H16N3O3/c21-10-9-18-16(22)14-7-4-8-15(11-14)20-17(23)19-12-13-5-2-1-3-6-13/h1-11H,12H2,(H,18,22)(H2,19,20,23). The quantitative estimate of drug-likeness (QED) is 0.714. The van der Waals surface area contributed by atoms with Crippen LogP contribution < -0.4 is 16.0 Å². The zero-order chi connectivity index (χ0) is 16.5. The van der Waals surface area contributed by atoms with E-state index in [0.29, 0.717) is 24.1 Å². The first-order chi connectivity index (χ1) is 11.2. The van der Waals surface area contributed by atoms with Crippen LogP contribution in [0.5, 0.6) is 0 Å². The first-order valence-electron chi connectivity index (χ1n) is 6.96. The first-order valence-corrected chi connectivity index (χ1v) is 6.96. The Balaban J connectivity index is 1.90. The van der Waals surface area contributed by atoms with E-state index in [4.69, 9.17) is 0 Å². The molecule has 117 valence electrons. The number of urea groups is 1. The molecule has 1 radical (unpaired) electrons. The van der Waals surface area contributed by atoms with Gasteiger partial charge in [0.05, 0.1) is 0 Å². The molecule has 0 aliphatic rings. The second kappa shape index (κ2) is 8.33. The summed E-state index contributed by atoms with van der Waals surface area (Å²) in [7, 11) is 0. The molecule has 0 aliphatic carbocycles. The van der Waals surface area contributed by atoms with Gasteiger partial charge in [0, 0.05) is 17.8 Å². The molecular formula is C17H16N3O3. The number of anilines is 1. The Bertz CT molecular complexity index is 686. The van der Waals surface area contributed by atoms with Gasteiger partial charge in [0.2, 0.25) is 0 Å². The summed E-state index contributed by atoms with van der Waals surface area (Å²) in [6, 6.07) is 15.6. The molecule has 0 heterocycles. The van der Waals surface area contributed by atoms with Crippen LogP contribution >= 0.6 is 0 Å². The van der Waals surface area contributed by atoms with Gasteiger partial charge in [-0.3, -0.25) is 4.79 Å². The number of benzene rings is 2. The highest BCUT2D eigenvalue weighted by molar-refractivity contribution is 5.98. The van der Waals surface area contributed by atoms with Crippen molar-refractivity contribution in [2.75, 3.05) is 5.32 Å². The second-order valence-corrected chi connectivity index (χ2v) is 4.65. The molecule has 0 aliphatic heterocycles. The zero-order valence-corrected chi connectivity index (χ0v) is 12.3. The summed E-state index contributed by atoms with van der Waals surface area (Å²) in [5.74, 6) is -0.426. The smallest absolute Gasteiger partial charge is 0.319 e. The van der Waals surface area contributed by atoms with Crippen molar-refractivity contribution in [2.24, 2.45) is 0 Å². The Morgan fingerprint density at radius 2 is 1.78 bits per heavy atom. The molecular weight excluding hydrogens is 294 g/mol. The fourth-order valence-electron chi connectivity index (χ4n) is 1.88. The maximum atomic E-state index is 11.9. The lowest BCUT2D eigenvalue weighted by molar-refractivity contribution is -0.105. The van der Waals surface area contributed by atoms with Crippen LogP contribution in [0, 0.1) is 6.54 Å². The van der Waals surface area contributed by atoms with Crippen LogP contribution in [0.25, 0.3) is 0 Å². The SMILES string of the molecule is O=C[CH]NC(=O)c1cccc(NC(=O)NCc2ccccc2)c1. The number of carbonyl (C=O) groups is 3. The summed E-state index contributed by atoms with van der Waals surface area (Å²) in [5, 5.41) is 7.70. The van der Waals surface area contributed by atoms with E-state index in [0.717, 1.165) is 12.1 Å². The minimum absolute atomic E-state index is 0.337. The van der Waals surface area contributed by atoms with Gasteiger partial charge in [0.1, 0.15) is 12.8 Å². The third-order valence-corrected chi connectivity index (χ3v) is 2.96. The Kier molecular flexibility index (Phi) is 5.88. The number of hydrogen-bond donors (Lipinski definition) is 3. The van der Waals surface area contributed by atoms with Gasteiger partial charge in [-0.05, 0) is 23.8 Å². The van der Waals surface area contributed by atoms with E-state index in [1.54, 1.807) is 18.2 Å². The lowest BCUT2D eigenvalue weighted by Crippen LogP contribution is -2.28. The summed E-state index contributed by atoms with van der Waals surface area (Å²) in [4.78, 5) is 33.8. The van der Waals surface area contributed by atoms with Crippen LogP contribution in [0.15, 0.2) is 54.6 Å². The Hall–Kier alpha value is -3.15. The van der Waals surface area contributed by atoms with Gasteiger partial charge in [-0.25, -0.2) is 4.79 Å². The van der Waals surface area contributed by atoms with Gasteiger partial charge in [-0.15, -0.1) is 0 Å². The van der Waals surface area contributed by atoms with Gasteiger partial charge in [0.25, 0.3) is 5.91 Å². The molecule has 0 saturated heterocycles. The van der Waals surface area contributed by atoms with Crippen LogP contribution in [0.3, 0.4) is 0 Å². The molecule has 6 heteroatoms. The van der Waals surface area contributed by atoms with Gasteiger partial charge >= 0.3 is 6.03 Å². The molecule has 0 aromatic heterocycles. The molecule has 3 N–H and O–H groups in total. The summed E-state index contributed by atoms with van der Waals surface area (Å²) < 4.78 is 0. The van der Waals surface area contributed by atoms with E-state index < -0.39 is 5.91 Å². The summed E-state index contributed by atoms with van der Waals surface area (Å²) in [6.45, 7) is 1.41. The van der Waals surface area contributed by atoms with Gasteiger partial charge in [-0.1, -0.05) is 36.4 Å². The van der Waals surface area contributed by atoms with Crippen molar-refractivity contribution in [3.8, 4) is 0 Å². The minimum atomic E-state index is -0.426. The van der Waals surface area contributed by atoms with E-state index in [9.17, 15) is 14.4 Å².